The average Bonchev–Trinajstić information content (AvgIpc) is 3.64. The predicted molar refractivity (Wildman–Crippen MR) is 230 cm³/mol. The van der Waals surface area contributed by atoms with E-state index in [0.29, 0.717) is 48.0 Å². The molecule has 304 valence electrons. The van der Waals surface area contributed by atoms with Gasteiger partial charge in [0.2, 0.25) is 11.8 Å². The lowest BCUT2D eigenvalue weighted by Gasteiger charge is -2.38. The number of rotatable bonds is 12. The number of Topliss-reactive ketones (excluding diaryl/α,β-unsaturated/α-hetero) is 1. The molecule has 4 atom stereocenters. The number of para-hydroxylation sites is 2. The molecule has 6 N–H and O–H groups in total. The topological polar surface area (TPSA) is 145 Å². The highest BCUT2D eigenvalue weighted by Gasteiger charge is 2.39. The van der Waals surface area contributed by atoms with E-state index in [2.05, 4.69) is 34.3 Å². The third kappa shape index (κ3) is 7.42. The highest BCUT2D eigenvalue weighted by Crippen LogP contribution is 2.46. The molecule has 13 nitrogen and oxygen atoms in total. The zero-order chi connectivity index (χ0) is 40.7. The molecule has 2 aliphatic rings. The Labute approximate surface area is 338 Å². The van der Waals surface area contributed by atoms with Crippen molar-refractivity contribution in [1.82, 2.24) is 29.6 Å². The van der Waals surface area contributed by atoms with E-state index in [1.165, 1.54) is 0 Å². The molecule has 4 heterocycles. The standard InChI is InChI=1S/C45H54N8O5/c1-29-25-50(21-19-46-29)27-39(52-37-23-33(15-17-35(37)41(54)44(52)57)48(3)31-11-7-5-8-12-31)43(56)40(28-51-22-20-47-30(2)26-51)53-38-24-34(16-18-36(38)42(55)45(53)58)49(4)32-13-9-6-10-14-32/h5-18,23-24,29-30,39-40,46-47,54-55,57-58H,19-22,25-28H2,1-4H3/t29-,30-,39?,40?/m1/s1. The van der Waals surface area contributed by atoms with Gasteiger partial charge in [0.1, 0.15) is 12.1 Å². The molecular weight excluding hydrogens is 733 g/mol. The van der Waals surface area contributed by atoms with E-state index in [1.54, 1.807) is 21.3 Å². The second-order valence-corrected chi connectivity index (χ2v) is 15.9. The minimum Gasteiger partial charge on any atom is -0.503 e. The van der Waals surface area contributed by atoms with Crippen LogP contribution in [0.5, 0.6) is 23.3 Å². The molecule has 0 bridgehead atoms. The van der Waals surface area contributed by atoms with Gasteiger partial charge in [-0.05, 0) is 74.5 Å². The van der Waals surface area contributed by atoms with Gasteiger partial charge in [0.15, 0.2) is 17.3 Å². The molecule has 2 saturated heterocycles. The van der Waals surface area contributed by atoms with E-state index in [0.717, 1.165) is 35.8 Å². The third-order valence-electron chi connectivity index (χ3n) is 12.0. The van der Waals surface area contributed by atoms with Crippen molar-refractivity contribution in [2.45, 2.75) is 38.0 Å². The lowest BCUT2D eigenvalue weighted by atomic mass is 10.0. The fourth-order valence-corrected chi connectivity index (χ4v) is 8.85. The van der Waals surface area contributed by atoms with E-state index in [9.17, 15) is 20.4 Å². The van der Waals surface area contributed by atoms with Gasteiger partial charge >= 0.3 is 0 Å². The summed E-state index contributed by atoms with van der Waals surface area (Å²) in [6.07, 6.45) is 0. The number of aromatic hydroxyl groups is 4. The zero-order valence-corrected chi connectivity index (χ0v) is 33.6. The van der Waals surface area contributed by atoms with Gasteiger partial charge in [-0.1, -0.05) is 36.4 Å². The maximum atomic E-state index is 15.9. The highest BCUT2D eigenvalue weighted by atomic mass is 16.3. The maximum Gasteiger partial charge on any atom is 0.236 e. The molecular formula is C45H54N8O5. The van der Waals surface area contributed by atoms with Crippen molar-refractivity contribution in [2.75, 3.05) is 76.3 Å². The summed E-state index contributed by atoms with van der Waals surface area (Å²) in [5, 5.41) is 54.6. The van der Waals surface area contributed by atoms with Crippen LogP contribution in [0.4, 0.5) is 22.7 Å². The molecule has 2 fully saturated rings. The summed E-state index contributed by atoms with van der Waals surface area (Å²) < 4.78 is 3.15. The lowest BCUT2D eigenvalue weighted by molar-refractivity contribution is -0.127. The first-order valence-corrected chi connectivity index (χ1v) is 20.1. The Morgan fingerprint density at radius 2 is 1.02 bits per heavy atom. The number of anilines is 4. The molecule has 0 saturated carbocycles. The Kier molecular flexibility index (Phi) is 11.0. The monoisotopic (exact) mass is 786 g/mol. The van der Waals surface area contributed by atoms with Crippen LogP contribution >= 0.6 is 0 Å². The molecule has 4 aromatic carbocycles. The van der Waals surface area contributed by atoms with Crippen LogP contribution in [0.25, 0.3) is 21.8 Å². The maximum absolute atomic E-state index is 15.9. The van der Waals surface area contributed by atoms with Crippen molar-refractivity contribution in [3.63, 3.8) is 0 Å². The summed E-state index contributed by atoms with van der Waals surface area (Å²) >= 11 is 0. The Morgan fingerprint density at radius 1 is 0.621 bits per heavy atom. The van der Waals surface area contributed by atoms with Crippen molar-refractivity contribution in [2.24, 2.45) is 0 Å². The Hall–Kier alpha value is -5.73. The number of piperazine rings is 2. The molecule has 0 spiro atoms. The van der Waals surface area contributed by atoms with Gasteiger partial charge in [-0.15, -0.1) is 0 Å². The van der Waals surface area contributed by atoms with Crippen molar-refractivity contribution in [3.05, 3.63) is 97.1 Å². The molecule has 0 radical (unpaired) electrons. The van der Waals surface area contributed by atoms with Crippen LogP contribution in [0.2, 0.25) is 0 Å². The largest absolute Gasteiger partial charge is 0.503 e. The van der Waals surface area contributed by atoms with Gasteiger partial charge in [0, 0.05) is 112 Å². The van der Waals surface area contributed by atoms with Crippen LogP contribution in [0.15, 0.2) is 97.1 Å². The number of hydrogen-bond donors (Lipinski definition) is 6. The van der Waals surface area contributed by atoms with E-state index < -0.39 is 23.8 Å². The van der Waals surface area contributed by atoms with E-state index in [1.807, 2.05) is 109 Å². The van der Waals surface area contributed by atoms with E-state index in [4.69, 9.17) is 0 Å². The molecule has 2 aliphatic heterocycles. The summed E-state index contributed by atoms with van der Waals surface area (Å²) in [5.74, 6) is -1.68. The second kappa shape index (κ2) is 16.3. The fraction of sp³-hybridized carbons (Fsp3) is 0.356. The first-order valence-electron chi connectivity index (χ1n) is 20.1. The van der Waals surface area contributed by atoms with E-state index >= 15 is 4.79 Å². The number of nitrogens with one attached hydrogen (secondary N) is 2. The van der Waals surface area contributed by atoms with Crippen LogP contribution in [-0.4, -0.2) is 124 Å². The van der Waals surface area contributed by atoms with Crippen molar-refractivity contribution in [3.8, 4) is 23.3 Å². The van der Waals surface area contributed by atoms with Crippen molar-refractivity contribution >= 4 is 50.3 Å². The number of fused-ring (bicyclic) bond motifs is 2. The summed E-state index contributed by atoms with van der Waals surface area (Å²) in [5.41, 5.74) is 4.52. The molecule has 2 unspecified atom stereocenters. The Morgan fingerprint density at radius 3 is 1.40 bits per heavy atom. The number of nitrogens with zero attached hydrogens (tertiary/aromatic N) is 6. The quantitative estimate of drug-likeness (QED) is 0.0884. The summed E-state index contributed by atoms with van der Waals surface area (Å²) in [6.45, 7) is 8.85. The van der Waals surface area contributed by atoms with Crippen LogP contribution in [-0.2, 0) is 4.79 Å². The fourth-order valence-electron chi connectivity index (χ4n) is 8.85. The van der Waals surface area contributed by atoms with Crippen LogP contribution in [0, 0.1) is 0 Å². The number of benzene rings is 4. The first kappa shape index (κ1) is 39.1. The molecule has 2 aromatic heterocycles. The smallest absolute Gasteiger partial charge is 0.236 e. The van der Waals surface area contributed by atoms with Crippen LogP contribution in [0.3, 0.4) is 0 Å². The first-order chi connectivity index (χ1) is 28.0. The Bertz CT molecular complexity index is 2230. The number of carbonyl (C=O) groups excluding carboxylic acids is 1. The number of ketones is 1. The molecule has 8 rings (SSSR count). The minimum atomic E-state index is -1.01. The Balaban J connectivity index is 1.30. The van der Waals surface area contributed by atoms with Crippen LogP contribution in [0.1, 0.15) is 25.9 Å². The van der Waals surface area contributed by atoms with Gasteiger partial charge in [0.05, 0.1) is 11.0 Å². The van der Waals surface area contributed by atoms with Crippen LogP contribution < -0.4 is 20.4 Å². The third-order valence-corrected chi connectivity index (χ3v) is 12.0. The molecule has 0 amide bonds. The van der Waals surface area contributed by atoms with Gasteiger partial charge in [-0.25, -0.2) is 0 Å². The second-order valence-electron chi connectivity index (χ2n) is 15.9. The number of aromatic nitrogens is 2. The van der Waals surface area contributed by atoms with Gasteiger partial charge in [-0.2, -0.15) is 0 Å². The predicted octanol–water partition coefficient (Wildman–Crippen LogP) is 5.89. The van der Waals surface area contributed by atoms with E-state index in [-0.39, 0.29) is 42.5 Å². The summed E-state index contributed by atoms with van der Waals surface area (Å²) in [6, 6.07) is 29.2. The summed E-state index contributed by atoms with van der Waals surface area (Å²) in [7, 11) is 3.91. The molecule has 0 aliphatic carbocycles. The SMILES string of the molecule is C[C@@H]1CN(CC(C(=O)C(CN2CCN[C@H](C)C2)n2c(O)c(O)c3ccc(N(C)c4ccccc4)cc32)n2c(O)c(O)c3ccc(N(C)c4ccccc4)cc32)CCN1. The minimum absolute atomic E-state index is 0.173. The van der Waals surface area contributed by atoms with Crippen molar-refractivity contribution in [1.29, 1.82) is 0 Å². The highest BCUT2D eigenvalue weighted by molar-refractivity contribution is 5.98. The summed E-state index contributed by atoms with van der Waals surface area (Å²) in [4.78, 5) is 24.4. The molecule has 13 heteroatoms. The molecule has 6 aromatic rings. The van der Waals surface area contributed by atoms with Gasteiger partial charge in [0.25, 0.3) is 0 Å². The average molecular weight is 787 g/mol. The zero-order valence-electron chi connectivity index (χ0n) is 33.6. The normalized spacial score (nSPS) is 19.0. The number of carbonyl (C=O) groups is 1. The number of hydrogen-bond acceptors (Lipinski definition) is 11. The lowest BCUT2D eigenvalue weighted by Crippen LogP contribution is -2.53. The molecule has 58 heavy (non-hydrogen) atoms. The van der Waals surface area contributed by atoms with Gasteiger partial charge in [-0.3, -0.25) is 23.7 Å². The van der Waals surface area contributed by atoms with Gasteiger partial charge < -0.3 is 40.9 Å². The van der Waals surface area contributed by atoms with Crippen molar-refractivity contribution < 1.29 is 25.2 Å².